The zero-order valence-electron chi connectivity index (χ0n) is 6.00. The number of carbonyl (C=O) groups is 1. The lowest BCUT2D eigenvalue weighted by Crippen LogP contribution is -1.99. The van der Waals surface area contributed by atoms with E-state index in [-0.39, 0.29) is 5.97 Å². The second-order valence-electron chi connectivity index (χ2n) is 2.18. The number of hydrogen-bond donors (Lipinski definition) is 0. The maximum absolute atomic E-state index is 11.0. The number of rotatable bonds is 1. The molecule has 11 heavy (non-hydrogen) atoms. The number of carbonyl (C=O) groups excluding carboxylic acids is 1. The summed E-state index contributed by atoms with van der Waals surface area (Å²) in [6.07, 6.45) is 0. The second-order valence-corrected chi connectivity index (χ2v) is 2.50. The Morgan fingerprint density at radius 2 is 2.09 bits per heavy atom. The van der Waals surface area contributed by atoms with Crippen molar-refractivity contribution in [3.05, 3.63) is 35.4 Å². The summed E-state index contributed by atoms with van der Waals surface area (Å²) in [5.74, 6) is -0.358. The third kappa shape index (κ3) is 1.80. The van der Waals surface area contributed by atoms with Gasteiger partial charge in [-0.2, -0.15) is 0 Å². The molecule has 58 valence electrons. The molecule has 0 radical (unpaired) electrons. The van der Waals surface area contributed by atoms with E-state index in [1.54, 1.807) is 12.1 Å². The molecule has 0 saturated heterocycles. The largest absolute Gasteiger partial charge is 0.380 e. The minimum absolute atomic E-state index is 0.358. The van der Waals surface area contributed by atoms with Crippen LogP contribution in [-0.4, -0.2) is 5.97 Å². The summed E-state index contributed by atoms with van der Waals surface area (Å²) in [6, 6.07) is 7.25. The van der Waals surface area contributed by atoms with Gasteiger partial charge >= 0.3 is 5.97 Å². The zero-order chi connectivity index (χ0) is 8.27. The van der Waals surface area contributed by atoms with Gasteiger partial charge in [-0.1, -0.05) is 18.2 Å². The molecule has 0 aliphatic heterocycles. The summed E-state index contributed by atoms with van der Waals surface area (Å²) in [5, 5.41) is 0. The Kier molecular flexibility index (Phi) is 2.65. The lowest BCUT2D eigenvalue weighted by molar-refractivity contribution is 0.0781. The van der Waals surface area contributed by atoms with Crippen LogP contribution >= 0.6 is 16.3 Å². The third-order valence-electron chi connectivity index (χ3n) is 1.44. The van der Waals surface area contributed by atoms with Crippen LogP contribution in [0, 0.1) is 6.92 Å². The van der Waals surface area contributed by atoms with Gasteiger partial charge in [0.25, 0.3) is 0 Å². The van der Waals surface area contributed by atoms with Crippen LogP contribution in [-0.2, 0) is 3.83 Å². The normalized spacial score (nSPS) is 9.27. The van der Waals surface area contributed by atoms with Crippen molar-refractivity contribution in [1.29, 1.82) is 0 Å². The van der Waals surface area contributed by atoms with Gasteiger partial charge in [0.2, 0.25) is 0 Å². The van der Waals surface area contributed by atoms with Crippen LogP contribution in [0.1, 0.15) is 15.9 Å². The Morgan fingerprint density at radius 1 is 1.45 bits per heavy atom. The van der Waals surface area contributed by atoms with Crippen LogP contribution < -0.4 is 0 Å². The van der Waals surface area contributed by atoms with Gasteiger partial charge < -0.3 is 3.83 Å². The Labute approximate surface area is 73.6 Å². The van der Waals surface area contributed by atoms with E-state index in [0.29, 0.717) is 5.56 Å². The van der Waals surface area contributed by atoms with Crippen LogP contribution in [0.15, 0.2) is 24.3 Å². The molecule has 0 aliphatic rings. The molecule has 2 nitrogen and oxygen atoms in total. The van der Waals surface area contributed by atoms with Crippen molar-refractivity contribution in [2.75, 3.05) is 0 Å². The summed E-state index contributed by atoms with van der Waals surface area (Å²) >= 11 is 2.64. The molecule has 0 fully saturated rings. The molecule has 0 atom stereocenters. The highest BCUT2D eigenvalue weighted by Gasteiger charge is 2.07. The molecule has 0 aromatic heterocycles. The fourth-order valence-corrected chi connectivity index (χ4v) is 1.02. The highest BCUT2D eigenvalue weighted by Crippen LogP contribution is 2.09. The van der Waals surface area contributed by atoms with Crippen molar-refractivity contribution < 1.29 is 8.62 Å². The van der Waals surface area contributed by atoms with E-state index < -0.39 is 0 Å². The molecule has 0 N–H and O–H groups in total. The molecule has 1 aromatic carbocycles. The lowest BCUT2D eigenvalue weighted by atomic mass is 10.1. The standard InChI is InChI=1S/C8H7BrO2/c1-6-4-2-3-5-7(6)8(10)11-9/h2-5H,1H3. The average molecular weight is 215 g/mol. The van der Waals surface area contributed by atoms with Gasteiger partial charge in [0.15, 0.2) is 16.3 Å². The lowest BCUT2D eigenvalue weighted by Gasteiger charge is -1.99. The van der Waals surface area contributed by atoms with Crippen molar-refractivity contribution in [1.82, 2.24) is 0 Å². The van der Waals surface area contributed by atoms with E-state index >= 15 is 0 Å². The molecular formula is C8H7BrO2. The number of benzene rings is 1. The Bertz CT molecular complexity index is 271. The molecule has 0 saturated carbocycles. The van der Waals surface area contributed by atoms with Gasteiger partial charge in [-0.15, -0.1) is 0 Å². The zero-order valence-corrected chi connectivity index (χ0v) is 7.59. The van der Waals surface area contributed by atoms with E-state index in [1.807, 2.05) is 19.1 Å². The van der Waals surface area contributed by atoms with Crippen molar-refractivity contribution >= 4 is 22.2 Å². The van der Waals surface area contributed by atoms with Gasteiger partial charge in [0.05, 0.1) is 5.56 Å². The SMILES string of the molecule is Cc1ccccc1C(=O)OBr. The first-order chi connectivity index (χ1) is 5.25. The fourth-order valence-electron chi connectivity index (χ4n) is 0.843. The predicted octanol–water partition coefficient (Wildman–Crippen LogP) is 2.46. The van der Waals surface area contributed by atoms with Crippen LogP contribution in [0.4, 0.5) is 0 Å². The van der Waals surface area contributed by atoms with E-state index in [2.05, 4.69) is 20.1 Å². The molecule has 0 spiro atoms. The first-order valence-corrected chi connectivity index (χ1v) is 3.79. The number of halogens is 1. The van der Waals surface area contributed by atoms with E-state index in [0.717, 1.165) is 5.56 Å². The molecule has 0 unspecified atom stereocenters. The molecule has 1 aromatic rings. The first-order valence-electron chi connectivity index (χ1n) is 3.14. The van der Waals surface area contributed by atoms with Gasteiger partial charge in [0, 0.05) is 0 Å². The molecule has 0 heterocycles. The summed E-state index contributed by atoms with van der Waals surface area (Å²) in [7, 11) is 0. The molecular weight excluding hydrogens is 208 g/mol. The highest BCUT2D eigenvalue weighted by atomic mass is 79.9. The minimum atomic E-state index is -0.358. The van der Waals surface area contributed by atoms with Crippen molar-refractivity contribution in [2.45, 2.75) is 6.92 Å². The monoisotopic (exact) mass is 214 g/mol. The Morgan fingerprint density at radius 3 is 2.64 bits per heavy atom. The highest BCUT2D eigenvalue weighted by molar-refractivity contribution is 9.06. The van der Waals surface area contributed by atoms with Crippen molar-refractivity contribution in [3.8, 4) is 0 Å². The van der Waals surface area contributed by atoms with Gasteiger partial charge in [-0.3, -0.25) is 0 Å². The summed E-state index contributed by atoms with van der Waals surface area (Å²) in [4.78, 5) is 11.0. The number of hydrogen-bond acceptors (Lipinski definition) is 2. The smallest absolute Gasteiger partial charge is 0.349 e. The van der Waals surface area contributed by atoms with E-state index in [1.165, 1.54) is 0 Å². The van der Waals surface area contributed by atoms with Gasteiger partial charge in [0.1, 0.15) is 0 Å². The average Bonchev–Trinajstić information content (AvgIpc) is 2.04. The number of aryl methyl sites for hydroxylation is 1. The van der Waals surface area contributed by atoms with Crippen LogP contribution in [0.5, 0.6) is 0 Å². The minimum Gasteiger partial charge on any atom is -0.380 e. The quantitative estimate of drug-likeness (QED) is 0.719. The van der Waals surface area contributed by atoms with E-state index in [9.17, 15) is 4.79 Å². The fraction of sp³-hybridized carbons (Fsp3) is 0.125. The predicted molar refractivity (Wildman–Crippen MR) is 45.5 cm³/mol. The van der Waals surface area contributed by atoms with Crippen molar-refractivity contribution in [2.24, 2.45) is 0 Å². The van der Waals surface area contributed by atoms with E-state index in [4.69, 9.17) is 0 Å². The third-order valence-corrected chi connectivity index (χ3v) is 1.73. The summed E-state index contributed by atoms with van der Waals surface area (Å²) < 4.78 is 4.39. The molecule has 3 heteroatoms. The maximum Gasteiger partial charge on any atom is 0.349 e. The van der Waals surface area contributed by atoms with Crippen LogP contribution in [0.2, 0.25) is 0 Å². The van der Waals surface area contributed by atoms with Gasteiger partial charge in [-0.05, 0) is 18.6 Å². The molecule has 0 amide bonds. The maximum atomic E-state index is 11.0. The molecule has 0 aliphatic carbocycles. The molecule has 0 bridgehead atoms. The topological polar surface area (TPSA) is 26.3 Å². The first kappa shape index (κ1) is 8.27. The second kappa shape index (κ2) is 3.53. The van der Waals surface area contributed by atoms with Crippen molar-refractivity contribution in [3.63, 3.8) is 0 Å². The molecule has 1 rings (SSSR count). The van der Waals surface area contributed by atoms with Gasteiger partial charge in [-0.25, -0.2) is 4.79 Å². The summed E-state index contributed by atoms with van der Waals surface area (Å²) in [6.45, 7) is 1.86. The summed E-state index contributed by atoms with van der Waals surface area (Å²) in [5.41, 5.74) is 1.50. The Hall–Kier alpha value is -0.830. The van der Waals surface area contributed by atoms with Crippen LogP contribution in [0.3, 0.4) is 0 Å². The van der Waals surface area contributed by atoms with Crippen LogP contribution in [0.25, 0.3) is 0 Å². The Balaban J connectivity index is 3.03.